The molecule has 1 aliphatic heterocycles. The van der Waals surface area contributed by atoms with E-state index in [-0.39, 0.29) is 23.7 Å². The van der Waals surface area contributed by atoms with E-state index in [1.54, 1.807) is 24.3 Å². The van der Waals surface area contributed by atoms with Crippen molar-refractivity contribution < 1.29 is 9.72 Å². The van der Waals surface area contributed by atoms with Gasteiger partial charge in [0.2, 0.25) is 11.9 Å². The number of nitrogens with zero attached hydrogens (tertiary/aromatic N) is 1. The van der Waals surface area contributed by atoms with Crippen molar-refractivity contribution in [3.05, 3.63) is 45.0 Å². The highest BCUT2D eigenvalue weighted by Crippen LogP contribution is 2.27. The predicted molar refractivity (Wildman–Crippen MR) is 62.4 cm³/mol. The molecule has 0 aliphatic carbocycles. The number of piperidine rings is 1. The van der Waals surface area contributed by atoms with E-state index < -0.39 is 12.1 Å². The molecule has 2 atom stereocenters. The van der Waals surface area contributed by atoms with Gasteiger partial charge in [0, 0.05) is 22.8 Å². The number of carbonyl (C=O) groups excluding carboxylic acids is 1. The van der Waals surface area contributed by atoms with E-state index in [2.05, 4.69) is 5.32 Å². The average molecular weight is 255 g/mol. The number of hydrogen-bond donors (Lipinski definition) is 1. The van der Waals surface area contributed by atoms with E-state index in [0.29, 0.717) is 10.6 Å². The maximum Gasteiger partial charge on any atom is 0.237 e. The summed E-state index contributed by atoms with van der Waals surface area (Å²) < 4.78 is 0. The SMILES string of the molecule is O=C1CC[C@@H]([N+](=O)[O-])[C@@H](c2ccc(Cl)cc2)N1. The lowest BCUT2D eigenvalue weighted by Crippen LogP contribution is -2.45. The molecule has 1 amide bonds. The second-order valence-electron chi connectivity index (χ2n) is 3.99. The third-order valence-corrected chi connectivity index (χ3v) is 3.12. The highest BCUT2D eigenvalue weighted by atomic mass is 35.5. The number of nitro groups is 1. The van der Waals surface area contributed by atoms with Crippen molar-refractivity contribution in [1.82, 2.24) is 5.32 Å². The van der Waals surface area contributed by atoms with Crippen molar-refractivity contribution in [2.24, 2.45) is 0 Å². The Bertz CT molecular complexity index is 447. The van der Waals surface area contributed by atoms with Crippen molar-refractivity contribution in [3.63, 3.8) is 0 Å². The largest absolute Gasteiger partial charge is 0.343 e. The first kappa shape index (κ1) is 11.9. The molecule has 1 fully saturated rings. The Morgan fingerprint density at radius 1 is 1.35 bits per heavy atom. The summed E-state index contributed by atoms with van der Waals surface area (Å²) in [5.74, 6) is -0.150. The van der Waals surface area contributed by atoms with Crippen molar-refractivity contribution >= 4 is 17.5 Å². The van der Waals surface area contributed by atoms with Gasteiger partial charge in [-0.1, -0.05) is 23.7 Å². The Morgan fingerprint density at radius 2 is 2.00 bits per heavy atom. The third kappa shape index (κ3) is 2.55. The summed E-state index contributed by atoms with van der Waals surface area (Å²) in [6.07, 6.45) is 0.474. The van der Waals surface area contributed by atoms with Gasteiger partial charge in [-0.3, -0.25) is 14.9 Å². The summed E-state index contributed by atoms with van der Waals surface area (Å²) >= 11 is 5.76. The Labute approximate surface area is 103 Å². The summed E-state index contributed by atoms with van der Waals surface area (Å²) in [5.41, 5.74) is 0.712. The highest BCUT2D eigenvalue weighted by molar-refractivity contribution is 6.30. The molecule has 1 aromatic rings. The highest BCUT2D eigenvalue weighted by Gasteiger charge is 2.37. The van der Waals surface area contributed by atoms with Gasteiger partial charge in [-0.15, -0.1) is 0 Å². The lowest BCUT2D eigenvalue weighted by molar-refractivity contribution is -0.529. The molecule has 0 saturated carbocycles. The molecule has 1 N–H and O–H groups in total. The number of halogens is 1. The van der Waals surface area contributed by atoms with Crippen LogP contribution >= 0.6 is 11.6 Å². The van der Waals surface area contributed by atoms with Gasteiger partial charge in [-0.05, 0) is 17.7 Å². The van der Waals surface area contributed by atoms with E-state index in [0.717, 1.165) is 0 Å². The van der Waals surface area contributed by atoms with Crippen LogP contribution in [0, 0.1) is 10.1 Å². The minimum Gasteiger partial charge on any atom is -0.343 e. The van der Waals surface area contributed by atoms with Gasteiger partial charge in [0.15, 0.2) is 0 Å². The molecule has 90 valence electrons. The molecule has 1 aromatic carbocycles. The van der Waals surface area contributed by atoms with Gasteiger partial charge in [0.1, 0.15) is 6.04 Å². The summed E-state index contributed by atoms with van der Waals surface area (Å²) in [5, 5.41) is 14.2. The third-order valence-electron chi connectivity index (χ3n) is 2.87. The number of rotatable bonds is 2. The van der Waals surface area contributed by atoms with Gasteiger partial charge >= 0.3 is 0 Å². The van der Waals surface area contributed by atoms with Crippen molar-refractivity contribution in [1.29, 1.82) is 0 Å². The van der Waals surface area contributed by atoms with Crippen LogP contribution in [0.4, 0.5) is 0 Å². The normalized spacial score (nSPS) is 24.2. The van der Waals surface area contributed by atoms with Crippen LogP contribution in [0.25, 0.3) is 0 Å². The van der Waals surface area contributed by atoms with Gasteiger partial charge in [0.25, 0.3) is 0 Å². The minimum absolute atomic E-state index is 0.150. The molecular weight excluding hydrogens is 244 g/mol. The van der Waals surface area contributed by atoms with Crippen LogP contribution < -0.4 is 5.32 Å². The van der Waals surface area contributed by atoms with E-state index in [1.807, 2.05) is 0 Å². The van der Waals surface area contributed by atoms with Crippen molar-refractivity contribution in [3.8, 4) is 0 Å². The smallest absolute Gasteiger partial charge is 0.237 e. The Morgan fingerprint density at radius 3 is 2.59 bits per heavy atom. The zero-order valence-corrected chi connectivity index (χ0v) is 9.68. The standard InChI is InChI=1S/C11H11ClN2O3/c12-8-3-1-7(2-4-8)11-9(14(16)17)5-6-10(15)13-11/h1-4,9,11H,5-6H2,(H,13,15)/t9-,11-/m1/s1. The number of nitrogens with one attached hydrogen (secondary N) is 1. The molecule has 17 heavy (non-hydrogen) atoms. The zero-order chi connectivity index (χ0) is 12.4. The molecule has 0 bridgehead atoms. The first-order chi connectivity index (χ1) is 8.08. The number of amides is 1. The molecular formula is C11H11ClN2O3. The zero-order valence-electron chi connectivity index (χ0n) is 8.93. The van der Waals surface area contributed by atoms with Crippen LogP contribution in [0.1, 0.15) is 24.4 Å². The van der Waals surface area contributed by atoms with Crippen LogP contribution in [0.3, 0.4) is 0 Å². The van der Waals surface area contributed by atoms with Crippen LogP contribution in [0.5, 0.6) is 0 Å². The summed E-state index contributed by atoms with van der Waals surface area (Å²) in [7, 11) is 0. The summed E-state index contributed by atoms with van der Waals surface area (Å²) in [4.78, 5) is 21.9. The molecule has 1 aliphatic rings. The number of hydrogen-bond acceptors (Lipinski definition) is 3. The van der Waals surface area contributed by atoms with E-state index in [1.165, 1.54) is 0 Å². The summed E-state index contributed by atoms with van der Waals surface area (Å²) in [6.45, 7) is 0. The van der Waals surface area contributed by atoms with E-state index in [4.69, 9.17) is 11.6 Å². The van der Waals surface area contributed by atoms with Gasteiger partial charge in [-0.2, -0.15) is 0 Å². The van der Waals surface area contributed by atoms with Crippen molar-refractivity contribution in [2.45, 2.75) is 24.9 Å². The fourth-order valence-electron chi connectivity index (χ4n) is 1.99. The van der Waals surface area contributed by atoms with Crippen LogP contribution in [0.15, 0.2) is 24.3 Å². The Kier molecular flexibility index (Phi) is 3.28. The Hall–Kier alpha value is -1.62. The van der Waals surface area contributed by atoms with Crippen LogP contribution in [0.2, 0.25) is 5.02 Å². The van der Waals surface area contributed by atoms with Crippen LogP contribution in [-0.4, -0.2) is 16.9 Å². The van der Waals surface area contributed by atoms with E-state index in [9.17, 15) is 14.9 Å². The van der Waals surface area contributed by atoms with Gasteiger partial charge in [0.05, 0.1) is 0 Å². The Balaban J connectivity index is 2.28. The fourth-order valence-corrected chi connectivity index (χ4v) is 2.12. The van der Waals surface area contributed by atoms with Gasteiger partial charge < -0.3 is 5.32 Å². The monoisotopic (exact) mass is 254 g/mol. The van der Waals surface area contributed by atoms with Crippen molar-refractivity contribution in [2.75, 3.05) is 0 Å². The molecule has 5 nitrogen and oxygen atoms in total. The van der Waals surface area contributed by atoms with Gasteiger partial charge in [-0.25, -0.2) is 0 Å². The molecule has 1 heterocycles. The molecule has 0 radical (unpaired) electrons. The fraction of sp³-hybridized carbons (Fsp3) is 0.364. The molecule has 6 heteroatoms. The molecule has 2 rings (SSSR count). The summed E-state index contributed by atoms with van der Waals surface area (Å²) in [6, 6.07) is 5.39. The quantitative estimate of drug-likeness (QED) is 0.647. The first-order valence-electron chi connectivity index (χ1n) is 5.26. The van der Waals surface area contributed by atoms with Crippen LogP contribution in [-0.2, 0) is 4.79 Å². The topological polar surface area (TPSA) is 72.2 Å². The lowest BCUT2D eigenvalue weighted by atomic mass is 9.92. The molecule has 1 saturated heterocycles. The minimum atomic E-state index is -0.770. The molecule has 0 aromatic heterocycles. The second-order valence-corrected chi connectivity index (χ2v) is 4.42. The first-order valence-corrected chi connectivity index (χ1v) is 5.64. The maximum atomic E-state index is 11.3. The second kappa shape index (κ2) is 4.71. The number of carbonyl (C=O) groups is 1. The average Bonchev–Trinajstić information content (AvgIpc) is 2.29. The molecule has 0 unspecified atom stereocenters. The predicted octanol–water partition coefficient (Wildman–Crippen LogP) is 1.94. The van der Waals surface area contributed by atoms with E-state index >= 15 is 0 Å². The molecule has 0 spiro atoms. The maximum absolute atomic E-state index is 11.3. The number of benzene rings is 1. The lowest BCUT2D eigenvalue weighted by Gasteiger charge is -2.26.